The van der Waals surface area contributed by atoms with Gasteiger partial charge < -0.3 is 9.30 Å². The van der Waals surface area contributed by atoms with Gasteiger partial charge in [0.1, 0.15) is 0 Å². The fourth-order valence-electron chi connectivity index (χ4n) is 5.26. The van der Waals surface area contributed by atoms with E-state index in [4.69, 9.17) is 9.72 Å². The van der Waals surface area contributed by atoms with Crippen molar-refractivity contribution in [2.45, 2.75) is 33.4 Å². The maximum atomic E-state index is 14.0. The van der Waals surface area contributed by atoms with Crippen LogP contribution in [0.1, 0.15) is 23.2 Å². The number of morpholine rings is 1. The van der Waals surface area contributed by atoms with E-state index in [1.807, 2.05) is 35.9 Å². The summed E-state index contributed by atoms with van der Waals surface area (Å²) >= 11 is 1.48. The maximum absolute atomic E-state index is 14.0. The highest BCUT2D eigenvalue weighted by molar-refractivity contribution is 7.20. The van der Waals surface area contributed by atoms with E-state index in [2.05, 4.69) is 36.1 Å². The molecule has 196 valence electrons. The van der Waals surface area contributed by atoms with Crippen LogP contribution in [0.4, 0.5) is 0 Å². The number of fused-ring (bicyclic) bond motifs is 2. The van der Waals surface area contributed by atoms with Gasteiger partial charge in [-0.3, -0.25) is 19.2 Å². The summed E-state index contributed by atoms with van der Waals surface area (Å²) in [6, 6.07) is 17.8. The third kappa shape index (κ3) is 4.62. The van der Waals surface area contributed by atoms with Crippen LogP contribution in [0.5, 0.6) is 0 Å². The number of hydrogen-bond donors (Lipinski definition) is 0. The zero-order chi connectivity index (χ0) is 26.2. The normalized spacial score (nSPS) is 14.6. The lowest BCUT2D eigenvalue weighted by Gasteiger charge is -2.26. The highest BCUT2D eigenvalue weighted by Gasteiger charge is 2.22. The van der Waals surface area contributed by atoms with Crippen molar-refractivity contribution in [1.82, 2.24) is 23.8 Å². The Kier molecular flexibility index (Phi) is 6.73. The Labute approximate surface area is 224 Å². The summed E-state index contributed by atoms with van der Waals surface area (Å²) in [5, 5.41) is 1.17. The number of aryl methyl sites for hydroxylation is 2. The first-order valence-electron chi connectivity index (χ1n) is 13.1. The molecule has 0 N–H and O–H groups in total. The van der Waals surface area contributed by atoms with E-state index in [-0.39, 0.29) is 11.1 Å². The van der Waals surface area contributed by atoms with Crippen molar-refractivity contribution >= 4 is 32.5 Å². The molecule has 0 saturated carbocycles. The third-order valence-corrected chi connectivity index (χ3v) is 8.36. The van der Waals surface area contributed by atoms with Crippen LogP contribution in [-0.4, -0.2) is 56.7 Å². The summed E-state index contributed by atoms with van der Waals surface area (Å²) < 4.78 is 11.8. The second-order valence-electron chi connectivity index (χ2n) is 9.91. The Morgan fingerprint density at radius 3 is 2.50 bits per heavy atom. The van der Waals surface area contributed by atoms with Gasteiger partial charge in [-0.15, -0.1) is 0 Å². The standard InChI is InChI=1S/C29H31N5O3S/c1-20-8-10-22(11-9-20)19-33-24-18-26(35)32(13-5-12-31-14-16-37-17-15-31)21(2)27(24)28(36)34(33)29-30-23-6-3-4-7-25(23)38-29/h3-4,6-11,18H,5,12-17,19H2,1-2H3. The molecule has 8 nitrogen and oxygen atoms in total. The number of ether oxygens (including phenoxy) is 1. The maximum Gasteiger partial charge on any atom is 0.283 e. The predicted molar refractivity (Wildman–Crippen MR) is 152 cm³/mol. The molecule has 9 heteroatoms. The van der Waals surface area contributed by atoms with Gasteiger partial charge in [-0.1, -0.05) is 53.3 Å². The van der Waals surface area contributed by atoms with Crippen LogP contribution in [-0.2, 0) is 17.8 Å². The molecule has 6 rings (SSSR count). The lowest BCUT2D eigenvalue weighted by molar-refractivity contribution is 0.0369. The monoisotopic (exact) mass is 529 g/mol. The number of nitrogens with zero attached hydrogens (tertiary/aromatic N) is 5. The van der Waals surface area contributed by atoms with Crippen LogP contribution in [0.25, 0.3) is 26.3 Å². The van der Waals surface area contributed by atoms with Crippen molar-refractivity contribution < 1.29 is 4.74 Å². The molecule has 0 bridgehead atoms. The molecule has 4 heterocycles. The molecular weight excluding hydrogens is 498 g/mol. The fraction of sp³-hybridized carbons (Fsp3) is 0.345. The summed E-state index contributed by atoms with van der Waals surface area (Å²) in [7, 11) is 0. The smallest absolute Gasteiger partial charge is 0.283 e. The second-order valence-corrected chi connectivity index (χ2v) is 10.9. The van der Waals surface area contributed by atoms with Gasteiger partial charge >= 0.3 is 0 Å². The molecule has 0 radical (unpaired) electrons. The van der Waals surface area contributed by atoms with Gasteiger partial charge in [0.15, 0.2) is 0 Å². The molecule has 1 aliphatic rings. The Morgan fingerprint density at radius 1 is 0.974 bits per heavy atom. The molecule has 3 aromatic heterocycles. The van der Waals surface area contributed by atoms with Crippen LogP contribution in [0.3, 0.4) is 0 Å². The Bertz CT molecular complexity index is 1690. The zero-order valence-electron chi connectivity index (χ0n) is 21.7. The van der Waals surface area contributed by atoms with Gasteiger partial charge in [-0.2, -0.15) is 4.68 Å². The molecule has 0 amide bonds. The predicted octanol–water partition coefficient (Wildman–Crippen LogP) is 3.95. The Balaban J connectivity index is 1.46. The van der Waals surface area contributed by atoms with Gasteiger partial charge in [0, 0.05) is 37.9 Å². The fourth-order valence-corrected chi connectivity index (χ4v) is 6.24. The van der Waals surface area contributed by atoms with Gasteiger partial charge in [0.05, 0.1) is 40.9 Å². The Morgan fingerprint density at radius 2 is 1.74 bits per heavy atom. The first kappa shape index (κ1) is 24.8. The number of pyridine rings is 1. The van der Waals surface area contributed by atoms with E-state index >= 15 is 0 Å². The summed E-state index contributed by atoms with van der Waals surface area (Å²) in [5.41, 5.74) is 4.19. The highest BCUT2D eigenvalue weighted by Crippen LogP contribution is 2.26. The topological polar surface area (TPSA) is 74.3 Å². The molecular formula is C29H31N5O3S. The lowest BCUT2D eigenvalue weighted by Crippen LogP contribution is -2.37. The quantitative estimate of drug-likeness (QED) is 0.319. The molecule has 1 saturated heterocycles. The highest BCUT2D eigenvalue weighted by atomic mass is 32.1. The van der Waals surface area contributed by atoms with Gasteiger partial charge in [0.25, 0.3) is 11.1 Å². The lowest BCUT2D eigenvalue weighted by atomic mass is 10.1. The van der Waals surface area contributed by atoms with Gasteiger partial charge in [-0.25, -0.2) is 4.98 Å². The molecule has 1 fully saturated rings. The number of aromatic nitrogens is 4. The number of rotatable bonds is 7. The van der Waals surface area contributed by atoms with Gasteiger partial charge in [0.2, 0.25) is 5.13 Å². The number of para-hydroxylation sites is 1. The molecule has 1 aliphatic heterocycles. The first-order chi connectivity index (χ1) is 18.5. The van der Waals surface area contributed by atoms with E-state index < -0.39 is 0 Å². The minimum atomic E-state index is -0.148. The second kappa shape index (κ2) is 10.3. The molecule has 0 atom stereocenters. The molecule has 2 aromatic carbocycles. The van der Waals surface area contributed by atoms with E-state index in [1.165, 1.54) is 16.9 Å². The van der Waals surface area contributed by atoms with Gasteiger partial charge in [-0.05, 0) is 38.0 Å². The van der Waals surface area contributed by atoms with E-state index in [1.54, 1.807) is 15.3 Å². The molecule has 5 aromatic rings. The zero-order valence-corrected chi connectivity index (χ0v) is 22.5. The van der Waals surface area contributed by atoms with E-state index in [9.17, 15) is 9.59 Å². The average molecular weight is 530 g/mol. The van der Waals surface area contributed by atoms with Crippen molar-refractivity contribution in [1.29, 1.82) is 0 Å². The van der Waals surface area contributed by atoms with Crippen LogP contribution in [0.15, 0.2) is 64.2 Å². The number of benzene rings is 2. The van der Waals surface area contributed by atoms with Crippen LogP contribution in [0.2, 0.25) is 0 Å². The van der Waals surface area contributed by atoms with E-state index in [0.29, 0.717) is 34.8 Å². The minimum absolute atomic E-state index is 0.0870. The van der Waals surface area contributed by atoms with Crippen molar-refractivity contribution in [3.05, 3.63) is 92.1 Å². The van der Waals surface area contributed by atoms with Crippen LogP contribution >= 0.6 is 11.3 Å². The van der Waals surface area contributed by atoms with Crippen molar-refractivity contribution in [2.24, 2.45) is 0 Å². The largest absolute Gasteiger partial charge is 0.379 e. The number of hydrogen-bond acceptors (Lipinski definition) is 6. The molecule has 38 heavy (non-hydrogen) atoms. The molecule has 0 aliphatic carbocycles. The van der Waals surface area contributed by atoms with E-state index in [0.717, 1.165) is 55.0 Å². The van der Waals surface area contributed by atoms with Crippen molar-refractivity contribution in [2.75, 3.05) is 32.8 Å². The number of thiazole rings is 1. The van der Waals surface area contributed by atoms with Crippen LogP contribution in [0, 0.1) is 13.8 Å². The van der Waals surface area contributed by atoms with Crippen molar-refractivity contribution in [3.8, 4) is 5.13 Å². The SMILES string of the molecule is Cc1ccc(Cn2c3cc(=O)n(CCCN4CCOCC4)c(C)c3c(=O)n2-c2nc3ccccc3s2)cc1. The third-order valence-electron chi connectivity index (χ3n) is 7.35. The summed E-state index contributed by atoms with van der Waals surface area (Å²) in [6.45, 7) is 9.21. The Hall–Kier alpha value is -3.53. The molecule has 0 unspecified atom stereocenters. The van der Waals surface area contributed by atoms with Crippen LogP contribution < -0.4 is 11.1 Å². The average Bonchev–Trinajstić information content (AvgIpc) is 3.46. The minimum Gasteiger partial charge on any atom is -0.379 e. The summed E-state index contributed by atoms with van der Waals surface area (Å²) in [5.74, 6) is 0. The van der Waals surface area contributed by atoms with Crippen molar-refractivity contribution in [3.63, 3.8) is 0 Å². The summed E-state index contributed by atoms with van der Waals surface area (Å²) in [6.07, 6.45) is 0.836. The summed E-state index contributed by atoms with van der Waals surface area (Å²) in [4.78, 5) is 34.6. The first-order valence-corrected chi connectivity index (χ1v) is 13.9. The molecule has 0 spiro atoms.